The van der Waals surface area contributed by atoms with Crippen LogP contribution in [0, 0.1) is 0 Å². The monoisotopic (exact) mass is 358 g/mol. The third-order valence-electron chi connectivity index (χ3n) is 3.64. The summed E-state index contributed by atoms with van der Waals surface area (Å²) in [5.41, 5.74) is 0.429. The van der Waals surface area contributed by atoms with Gasteiger partial charge in [0.25, 0.3) is 0 Å². The highest BCUT2D eigenvalue weighted by Gasteiger charge is 2.48. The molecule has 5 atom stereocenters. The van der Waals surface area contributed by atoms with Crippen LogP contribution in [0.4, 0.5) is 0 Å². The van der Waals surface area contributed by atoms with Gasteiger partial charge in [0.2, 0.25) is 6.29 Å². The Bertz CT molecular complexity index is 645. The van der Waals surface area contributed by atoms with E-state index >= 15 is 0 Å². The first-order valence-electron chi connectivity index (χ1n) is 7.33. The predicted molar refractivity (Wildman–Crippen MR) is 79.0 cm³/mol. The second kappa shape index (κ2) is 7.66. The van der Waals surface area contributed by atoms with Crippen LogP contribution < -0.4 is 4.74 Å². The van der Waals surface area contributed by atoms with E-state index in [0.717, 1.165) is 6.07 Å². The Kier molecular flexibility index (Phi) is 5.80. The van der Waals surface area contributed by atoms with Gasteiger partial charge in [-0.05, 0) is 24.1 Å². The fourth-order valence-electron chi connectivity index (χ4n) is 2.39. The van der Waals surface area contributed by atoms with Crippen molar-refractivity contribution in [3.05, 3.63) is 23.8 Å². The number of phenols is 1. The number of hydrogen-bond acceptors (Lipinski definition) is 8. The standard InChI is InChI=1S/C15H18O10/c16-7-3-6(1-2-9(17)18)4-8(5-7)24-15-12(21)10(19)11(20)13(25-15)14(22)23/h3-5,10-13,15-16,19-21H,1-2H2,(H,17,18)(H,22,23). The van der Waals surface area contributed by atoms with Gasteiger partial charge < -0.3 is 40.1 Å². The summed E-state index contributed by atoms with van der Waals surface area (Å²) >= 11 is 0. The molecule has 25 heavy (non-hydrogen) atoms. The van der Waals surface area contributed by atoms with Crippen LogP contribution in [0.5, 0.6) is 11.5 Å². The van der Waals surface area contributed by atoms with Crippen LogP contribution in [0.3, 0.4) is 0 Å². The van der Waals surface area contributed by atoms with Crippen molar-refractivity contribution in [3.8, 4) is 11.5 Å². The third-order valence-corrected chi connectivity index (χ3v) is 3.64. The van der Waals surface area contributed by atoms with Crippen molar-refractivity contribution < 1.29 is 49.7 Å². The maximum atomic E-state index is 11.0. The van der Waals surface area contributed by atoms with Crippen molar-refractivity contribution in [2.45, 2.75) is 43.5 Å². The fraction of sp³-hybridized carbons (Fsp3) is 0.467. The lowest BCUT2D eigenvalue weighted by molar-refractivity contribution is -0.271. The number of ether oxygens (including phenoxy) is 2. The molecule has 5 unspecified atom stereocenters. The maximum absolute atomic E-state index is 11.0. The highest BCUT2D eigenvalue weighted by molar-refractivity contribution is 5.73. The van der Waals surface area contributed by atoms with Gasteiger partial charge in [0.1, 0.15) is 29.8 Å². The maximum Gasteiger partial charge on any atom is 0.335 e. The number of aryl methyl sites for hydroxylation is 1. The van der Waals surface area contributed by atoms with Gasteiger partial charge in [0.15, 0.2) is 6.10 Å². The quantitative estimate of drug-likeness (QED) is 0.358. The van der Waals surface area contributed by atoms with E-state index in [1.54, 1.807) is 0 Å². The zero-order valence-corrected chi connectivity index (χ0v) is 12.8. The fourth-order valence-corrected chi connectivity index (χ4v) is 2.39. The minimum absolute atomic E-state index is 0.0304. The highest BCUT2D eigenvalue weighted by atomic mass is 16.7. The van der Waals surface area contributed by atoms with E-state index in [1.807, 2.05) is 0 Å². The molecule has 1 aliphatic heterocycles. The van der Waals surface area contributed by atoms with Crippen molar-refractivity contribution >= 4 is 11.9 Å². The van der Waals surface area contributed by atoms with Crippen LogP contribution in [-0.4, -0.2) is 73.3 Å². The number of carbonyl (C=O) groups is 2. The van der Waals surface area contributed by atoms with Crippen LogP contribution in [0.1, 0.15) is 12.0 Å². The Hall–Kier alpha value is -2.40. The molecular formula is C15H18O10. The van der Waals surface area contributed by atoms with E-state index in [1.165, 1.54) is 12.1 Å². The molecule has 1 aromatic carbocycles. The summed E-state index contributed by atoms with van der Waals surface area (Å²) in [6, 6.07) is 3.85. The van der Waals surface area contributed by atoms with E-state index in [4.69, 9.17) is 19.7 Å². The molecule has 1 aromatic rings. The van der Waals surface area contributed by atoms with E-state index < -0.39 is 42.6 Å². The molecule has 0 bridgehead atoms. The summed E-state index contributed by atoms with van der Waals surface area (Å²) < 4.78 is 10.2. The Labute approximate surface area is 141 Å². The molecular weight excluding hydrogens is 340 g/mol. The molecule has 1 fully saturated rings. The molecule has 1 heterocycles. The normalized spacial score (nSPS) is 29.2. The Morgan fingerprint density at radius 3 is 2.32 bits per heavy atom. The van der Waals surface area contributed by atoms with Gasteiger partial charge in [-0.25, -0.2) is 4.79 Å². The number of carboxylic acid groups (broad SMARTS) is 2. The molecule has 1 aliphatic rings. The summed E-state index contributed by atoms with van der Waals surface area (Å²) in [7, 11) is 0. The Morgan fingerprint density at radius 1 is 1.04 bits per heavy atom. The number of hydrogen-bond donors (Lipinski definition) is 6. The lowest BCUT2D eigenvalue weighted by atomic mass is 9.99. The molecule has 2 rings (SSSR count). The third kappa shape index (κ3) is 4.57. The average molecular weight is 358 g/mol. The topological polar surface area (TPSA) is 174 Å². The van der Waals surface area contributed by atoms with Crippen LogP contribution >= 0.6 is 0 Å². The Morgan fingerprint density at radius 2 is 1.72 bits per heavy atom. The van der Waals surface area contributed by atoms with Gasteiger partial charge in [-0.3, -0.25) is 4.79 Å². The summed E-state index contributed by atoms with van der Waals surface area (Å²) in [5, 5.41) is 56.6. The summed E-state index contributed by atoms with van der Waals surface area (Å²) in [6.45, 7) is 0. The molecule has 0 saturated carbocycles. The minimum Gasteiger partial charge on any atom is -0.508 e. The summed E-state index contributed by atoms with van der Waals surface area (Å²) in [5.74, 6) is -2.85. The van der Waals surface area contributed by atoms with Gasteiger partial charge >= 0.3 is 11.9 Å². The largest absolute Gasteiger partial charge is 0.508 e. The molecule has 6 N–H and O–H groups in total. The number of carboxylic acids is 2. The molecule has 10 heteroatoms. The van der Waals surface area contributed by atoms with Crippen molar-refractivity contribution in [1.82, 2.24) is 0 Å². The first-order chi connectivity index (χ1) is 11.7. The zero-order chi connectivity index (χ0) is 18.7. The van der Waals surface area contributed by atoms with Crippen LogP contribution in [0.25, 0.3) is 0 Å². The smallest absolute Gasteiger partial charge is 0.335 e. The molecule has 0 aromatic heterocycles. The SMILES string of the molecule is O=C(O)CCc1cc(O)cc(OC2OC(C(=O)O)C(O)C(O)C2O)c1. The predicted octanol–water partition coefficient (Wildman–Crippen LogP) is -1.32. The second-order valence-electron chi connectivity index (χ2n) is 5.58. The number of aromatic hydroxyl groups is 1. The first kappa shape index (κ1) is 18.9. The number of aliphatic hydroxyl groups is 3. The molecule has 0 radical (unpaired) electrons. The number of aliphatic hydroxyl groups excluding tert-OH is 3. The van der Waals surface area contributed by atoms with E-state index in [2.05, 4.69) is 0 Å². The van der Waals surface area contributed by atoms with Gasteiger partial charge in [-0.1, -0.05) is 0 Å². The molecule has 1 saturated heterocycles. The Balaban J connectivity index is 2.17. The molecule has 0 spiro atoms. The van der Waals surface area contributed by atoms with E-state index in [9.17, 15) is 30.0 Å². The van der Waals surface area contributed by atoms with Crippen molar-refractivity contribution in [1.29, 1.82) is 0 Å². The van der Waals surface area contributed by atoms with Gasteiger partial charge in [-0.2, -0.15) is 0 Å². The number of rotatable bonds is 6. The molecule has 0 amide bonds. The van der Waals surface area contributed by atoms with E-state index in [-0.39, 0.29) is 24.3 Å². The van der Waals surface area contributed by atoms with E-state index in [0.29, 0.717) is 5.56 Å². The van der Waals surface area contributed by atoms with Gasteiger partial charge in [0, 0.05) is 12.5 Å². The first-order valence-corrected chi connectivity index (χ1v) is 7.33. The van der Waals surface area contributed by atoms with Gasteiger partial charge in [-0.15, -0.1) is 0 Å². The average Bonchev–Trinajstić information content (AvgIpc) is 2.52. The number of phenolic OH excluding ortho intramolecular Hbond substituents is 1. The molecule has 138 valence electrons. The van der Waals surface area contributed by atoms with Crippen LogP contribution in [0.15, 0.2) is 18.2 Å². The zero-order valence-electron chi connectivity index (χ0n) is 12.8. The van der Waals surface area contributed by atoms with Crippen molar-refractivity contribution in [2.24, 2.45) is 0 Å². The van der Waals surface area contributed by atoms with Crippen LogP contribution in [0.2, 0.25) is 0 Å². The lowest BCUT2D eigenvalue weighted by Crippen LogP contribution is -2.61. The van der Waals surface area contributed by atoms with Crippen molar-refractivity contribution in [2.75, 3.05) is 0 Å². The summed E-state index contributed by atoms with van der Waals surface area (Å²) in [6.07, 6.45) is -8.91. The molecule has 0 aliphatic carbocycles. The number of benzene rings is 1. The van der Waals surface area contributed by atoms with Gasteiger partial charge in [0.05, 0.1) is 0 Å². The second-order valence-corrected chi connectivity index (χ2v) is 5.58. The van der Waals surface area contributed by atoms with Crippen LogP contribution in [-0.2, 0) is 20.7 Å². The van der Waals surface area contributed by atoms with Crippen molar-refractivity contribution in [3.63, 3.8) is 0 Å². The minimum atomic E-state index is -1.84. The lowest BCUT2D eigenvalue weighted by Gasteiger charge is -2.38. The number of aliphatic carboxylic acids is 2. The summed E-state index contributed by atoms with van der Waals surface area (Å²) in [4.78, 5) is 21.7. The highest BCUT2D eigenvalue weighted by Crippen LogP contribution is 2.28. The molecule has 10 nitrogen and oxygen atoms in total.